The van der Waals surface area contributed by atoms with E-state index in [0.717, 1.165) is 35.3 Å². The summed E-state index contributed by atoms with van der Waals surface area (Å²) < 4.78 is 4.83. The van der Waals surface area contributed by atoms with Gasteiger partial charge in [0.05, 0.1) is 5.56 Å². The van der Waals surface area contributed by atoms with Crippen molar-refractivity contribution in [3.8, 4) is 11.1 Å². The number of carbonyl (C=O) groups is 2. The number of rotatable bonds is 4. The standard InChI is InChI=1S/C17H18N2O3S/c1-22-9-13(20)19-17-15(16(18)21)14-11-7-3-2-5-10(11)6-4-8-12(14)23-17/h2-3,5,7H,4,6,8-9H2,1H3,(H2,18,21)(H,19,20). The minimum atomic E-state index is -0.521. The highest BCUT2D eigenvalue weighted by Gasteiger charge is 2.27. The van der Waals surface area contributed by atoms with Gasteiger partial charge in [-0.1, -0.05) is 24.3 Å². The van der Waals surface area contributed by atoms with Crippen LogP contribution in [0, 0.1) is 0 Å². The third kappa shape index (κ3) is 3.00. The minimum Gasteiger partial charge on any atom is -0.375 e. The summed E-state index contributed by atoms with van der Waals surface area (Å²) in [5.74, 6) is -0.813. The number of anilines is 1. The van der Waals surface area contributed by atoms with Gasteiger partial charge in [-0.3, -0.25) is 9.59 Å². The largest absolute Gasteiger partial charge is 0.375 e. The predicted octanol–water partition coefficient (Wildman–Crippen LogP) is 2.59. The Kier molecular flexibility index (Phi) is 4.45. The van der Waals surface area contributed by atoms with E-state index in [4.69, 9.17) is 10.5 Å². The smallest absolute Gasteiger partial charge is 0.252 e. The van der Waals surface area contributed by atoms with Crippen LogP contribution >= 0.6 is 11.3 Å². The van der Waals surface area contributed by atoms with Gasteiger partial charge >= 0.3 is 0 Å². The Hall–Kier alpha value is -2.18. The molecule has 0 fully saturated rings. The Morgan fingerprint density at radius 2 is 2.09 bits per heavy atom. The van der Waals surface area contributed by atoms with E-state index in [9.17, 15) is 9.59 Å². The molecular formula is C17H18N2O3S. The number of aryl methyl sites for hydroxylation is 2. The Morgan fingerprint density at radius 3 is 2.83 bits per heavy atom. The van der Waals surface area contributed by atoms with E-state index in [-0.39, 0.29) is 12.5 Å². The fourth-order valence-electron chi connectivity index (χ4n) is 2.98. The van der Waals surface area contributed by atoms with Crippen LogP contribution in [0.4, 0.5) is 5.00 Å². The number of nitrogens with two attached hydrogens (primary N) is 1. The molecule has 1 aliphatic carbocycles. The molecule has 0 spiro atoms. The highest BCUT2D eigenvalue weighted by Crippen LogP contribution is 2.44. The van der Waals surface area contributed by atoms with Crippen LogP contribution in [0.5, 0.6) is 0 Å². The molecule has 0 unspecified atom stereocenters. The van der Waals surface area contributed by atoms with Crippen molar-refractivity contribution in [2.75, 3.05) is 19.0 Å². The molecule has 1 aromatic carbocycles. The van der Waals surface area contributed by atoms with Crippen molar-refractivity contribution >= 4 is 28.2 Å². The van der Waals surface area contributed by atoms with Crippen molar-refractivity contribution < 1.29 is 14.3 Å². The van der Waals surface area contributed by atoms with Gasteiger partial charge in [-0.2, -0.15) is 0 Å². The minimum absolute atomic E-state index is 0.0582. The summed E-state index contributed by atoms with van der Waals surface area (Å²) in [5.41, 5.74) is 9.16. The SMILES string of the molecule is COCC(=O)Nc1sc2c(c1C(N)=O)-c1ccccc1CCC2. The fourth-order valence-corrected chi connectivity index (χ4v) is 4.25. The van der Waals surface area contributed by atoms with Crippen molar-refractivity contribution in [1.29, 1.82) is 0 Å². The van der Waals surface area contributed by atoms with Crippen molar-refractivity contribution in [3.05, 3.63) is 40.3 Å². The normalized spacial score (nSPS) is 12.9. The molecule has 3 rings (SSSR count). The lowest BCUT2D eigenvalue weighted by atomic mass is 9.96. The van der Waals surface area contributed by atoms with Crippen LogP contribution in [0.2, 0.25) is 0 Å². The molecule has 0 saturated carbocycles. The van der Waals surface area contributed by atoms with Crippen molar-refractivity contribution in [1.82, 2.24) is 0 Å². The summed E-state index contributed by atoms with van der Waals surface area (Å²) in [7, 11) is 1.45. The number of hydrogen-bond donors (Lipinski definition) is 2. The molecule has 0 radical (unpaired) electrons. The summed E-state index contributed by atoms with van der Waals surface area (Å²) >= 11 is 1.43. The average molecular weight is 330 g/mol. The van der Waals surface area contributed by atoms with Gasteiger partial charge in [0.15, 0.2) is 0 Å². The van der Waals surface area contributed by atoms with Gasteiger partial charge in [-0.15, -0.1) is 11.3 Å². The van der Waals surface area contributed by atoms with E-state index in [2.05, 4.69) is 11.4 Å². The number of nitrogens with one attached hydrogen (secondary N) is 1. The first kappa shape index (κ1) is 15.7. The maximum Gasteiger partial charge on any atom is 0.252 e. The number of primary amides is 1. The Morgan fingerprint density at radius 1 is 1.30 bits per heavy atom. The maximum atomic E-state index is 12.1. The van der Waals surface area contributed by atoms with Crippen LogP contribution in [-0.4, -0.2) is 25.5 Å². The third-order valence-corrected chi connectivity index (χ3v) is 5.06. The molecule has 5 nitrogen and oxygen atoms in total. The lowest BCUT2D eigenvalue weighted by molar-refractivity contribution is -0.119. The van der Waals surface area contributed by atoms with Gasteiger partial charge in [0.1, 0.15) is 11.6 Å². The van der Waals surface area contributed by atoms with Crippen molar-refractivity contribution in [3.63, 3.8) is 0 Å². The van der Waals surface area contributed by atoms with E-state index in [0.29, 0.717) is 10.6 Å². The topological polar surface area (TPSA) is 81.4 Å². The van der Waals surface area contributed by atoms with Crippen LogP contribution in [0.3, 0.4) is 0 Å². The quantitative estimate of drug-likeness (QED) is 0.904. The van der Waals surface area contributed by atoms with E-state index < -0.39 is 5.91 Å². The molecule has 3 N–H and O–H groups in total. The highest BCUT2D eigenvalue weighted by molar-refractivity contribution is 7.17. The third-order valence-electron chi connectivity index (χ3n) is 3.89. The van der Waals surface area contributed by atoms with Crippen LogP contribution in [0.1, 0.15) is 27.2 Å². The lowest BCUT2D eigenvalue weighted by Gasteiger charge is -2.09. The Labute approximate surface area is 138 Å². The number of methoxy groups -OCH3 is 1. The molecule has 1 aliphatic rings. The zero-order valence-electron chi connectivity index (χ0n) is 12.8. The van der Waals surface area contributed by atoms with Gasteiger partial charge < -0.3 is 15.8 Å². The Bertz CT molecular complexity index is 767. The van der Waals surface area contributed by atoms with Crippen LogP contribution in [0.15, 0.2) is 24.3 Å². The first-order chi connectivity index (χ1) is 11.1. The zero-order chi connectivity index (χ0) is 16.4. The summed E-state index contributed by atoms with van der Waals surface area (Å²) in [6.07, 6.45) is 2.85. The van der Waals surface area contributed by atoms with Gasteiger partial charge in [-0.05, 0) is 30.4 Å². The van der Waals surface area contributed by atoms with Crippen molar-refractivity contribution in [2.45, 2.75) is 19.3 Å². The number of benzene rings is 1. The summed E-state index contributed by atoms with van der Waals surface area (Å²) in [6.45, 7) is -0.0582. The van der Waals surface area contributed by atoms with Crippen LogP contribution in [-0.2, 0) is 22.4 Å². The number of thiophene rings is 1. The monoisotopic (exact) mass is 330 g/mol. The maximum absolute atomic E-state index is 12.1. The van der Waals surface area contributed by atoms with Crippen LogP contribution < -0.4 is 11.1 Å². The van der Waals surface area contributed by atoms with Crippen molar-refractivity contribution in [2.24, 2.45) is 5.73 Å². The number of hydrogen-bond acceptors (Lipinski definition) is 4. The molecule has 6 heteroatoms. The molecule has 0 saturated heterocycles. The summed E-state index contributed by atoms with van der Waals surface area (Å²) in [6, 6.07) is 8.05. The second-order valence-electron chi connectivity index (χ2n) is 5.46. The molecule has 1 aromatic heterocycles. The highest BCUT2D eigenvalue weighted by atomic mass is 32.1. The lowest BCUT2D eigenvalue weighted by Crippen LogP contribution is -2.20. The van der Waals surface area contributed by atoms with E-state index in [1.807, 2.05) is 18.2 Å². The average Bonchev–Trinajstić information content (AvgIpc) is 2.76. The molecule has 1 heterocycles. The second-order valence-corrected chi connectivity index (χ2v) is 6.57. The summed E-state index contributed by atoms with van der Waals surface area (Å²) in [4.78, 5) is 25.0. The first-order valence-corrected chi connectivity index (χ1v) is 8.26. The van der Waals surface area contributed by atoms with E-state index in [1.165, 1.54) is 24.0 Å². The summed E-state index contributed by atoms with van der Waals surface area (Å²) in [5, 5.41) is 3.27. The zero-order valence-corrected chi connectivity index (χ0v) is 13.7. The van der Waals surface area contributed by atoms with Gasteiger partial charge in [0, 0.05) is 17.6 Å². The van der Waals surface area contributed by atoms with Gasteiger partial charge in [-0.25, -0.2) is 0 Å². The fraction of sp³-hybridized carbons (Fsp3) is 0.294. The molecular weight excluding hydrogens is 312 g/mol. The molecule has 0 aliphatic heterocycles. The molecule has 2 amide bonds. The van der Waals surface area contributed by atoms with E-state index >= 15 is 0 Å². The number of carbonyl (C=O) groups excluding carboxylic acids is 2. The molecule has 23 heavy (non-hydrogen) atoms. The van der Waals surface area contributed by atoms with Crippen LogP contribution in [0.25, 0.3) is 11.1 Å². The molecule has 120 valence electrons. The van der Waals surface area contributed by atoms with Gasteiger partial charge in [0.25, 0.3) is 11.8 Å². The predicted molar refractivity (Wildman–Crippen MR) is 90.8 cm³/mol. The van der Waals surface area contributed by atoms with E-state index in [1.54, 1.807) is 0 Å². The molecule has 2 aromatic rings. The molecule has 0 atom stereocenters. The second kappa shape index (κ2) is 6.52. The van der Waals surface area contributed by atoms with Gasteiger partial charge in [0.2, 0.25) is 0 Å². The first-order valence-electron chi connectivity index (χ1n) is 7.44. The molecule has 0 bridgehead atoms. The number of amides is 2. The number of fused-ring (bicyclic) bond motifs is 3. The number of ether oxygens (including phenoxy) is 1. The Balaban J connectivity index is 2.14.